The van der Waals surface area contributed by atoms with Crippen molar-refractivity contribution in [1.82, 2.24) is 14.6 Å². The lowest BCUT2D eigenvalue weighted by atomic mass is 10.2. The first-order chi connectivity index (χ1) is 7.82. The molecule has 0 atom stereocenters. The van der Waals surface area contributed by atoms with Gasteiger partial charge in [0.2, 0.25) is 0 Å². The molecule has 0 saturated heterocycles. The Balaban J connectivity index is 2.87. The van der Waals surface area contributed by atoms with E-state index >= 15 is 0 Å². The molecule has 0 amide bonds. The van der Waals surface area contributed by atoms with E-state index in [0.29, 0.717) is 10.7 Å². The highest BCUT2D eigenvalue weighted by Crippen LogP contribution is 2.32. The van der Waals surface area contributed by atoms with Crippen LogP contribution in [0.2, 0.25) is 5.02 Å². The van der Waals surface area contributed by atoms with Crippen molar-refractivity contribution in [2.75, 3.05) is 0 Å². The summed E-state index contributed by atoms with van der Waals surface area (Å²) < 4.78 is 38.2. The molecule has 0 unspecified atom stereocenters. The van der Waals surface area contributed by atoms with Crippen molar-refractivity contribution in [3.63, 3.8) is 0 Å². The van der Waals surface area contributed by atoms with Gasteiger partial charge in [-0.1, -0.05) is 11.6 Å². The van der Waals surface area contributed by atoms with Crippen molar-refractivity contribution in [2.45, 2.75) is 6.18 Å². The van der Waals surface area contributed by atoms with Gasteiger partial charge in [0.15, 0.2) is 11.3 Å². The summed E-state index contributed by atoms with van der Waals surface area (Å²) in [6.45, 7) is 0. The molecule has 0 spiro atoms. The summed E-state index contributed by atoms with van der Waals surface area (Å²) in [5.74, 6) is -1.76. The second-order valence-electron chi connectivity index (χ2n) is 3.05. The number of hydrogen-bond acceptors (Lipinski definition) is 3. The Morgan fingerprint density at radius 3 is 2.59 bits per heavy atom. The van der Waals surface area contributed by atoms with Crippen molar-refractivity contribution in [2.24, 2.45) is 0 Å². The third kappa shape index (κ3) is 1.80. The van der Waals surface area contributed by atoms with Crippen LogP contribution < -0.4 is 0 Å². The van der Waals surface area contributed by atoms with Gasteiger partial charge in [0.1, 0.15) is 10.6 Å². The summed E-state index contributed by atoms with van der Waals surface area (Å²) in [5.41, 5.74) is -2.54. The normalized spacial score (nSPS) is 12.0. The van der Waals surface area contributed by atoms with Gasteiger partial charge in [-0.15, -0.1) is 0 Å². The fraction of sp³-hybridized carbons (Fsp3) is 0.125. The summed E-state index contributed by atoms with van der Waals surface area (Å²) in [4.78, 5) is 14.3. The molecule has 2 aromatic rings. The molecule has 0 bridgehead atoms. The highest BCUT2D eigenvalue weighted by atomic mass is 35.5. The maximum Gasteiger partial charge on any atom is 0.420 e. The van der Waals surface area contributed by atoms with Crippen LogP contribution in [-0.2, 0) is 6.18 Å². The van der Waals surface area contributed by atoms with Gasteiger partial charge in [0.25, 0.3) is 0 Å². The average molecular weight is 266 g/mol. The monoisotopic (exact) mass is 265 g/mol. The Bertz CT molecular complexity index is 608. The SMILES string of the molecule is O=C(O)c1c(C(F)(F)F)cnc2c(Cl)cnn12. The second kappa shape index (κ2) is 3.59. The molecule has 0 saturated carbocycles. The molecule has 90 valence electrons. The summed E-state index contributed by atoms with van der Waals surface area (Å²) in [7, 11) is 0. The van der Waals surface area contributed by atoms with Crippen LogP contribution >= 0.6 is 11.6 Å². The first-order valence-electron chi connectivity index (χ1n) is 4.15. The van der Waals surface area contributed by atoms with Crippen LogP contribution in [0.1, 0.15) is 16.1 Å². The summed E-state index contributed by atoms with van der Waals surface area (Å²) in [5, 5.41) is 12.2. The molecule has 2 heterocycles. The number of hydrogen-bond donors (Lipinski definition) is 1. The van der Waals surface area contributed by atoms with Crippen LogP contribution in [0.5, 0.6) is 0 Å². The minimum Gasteiger partial charge on any atom is -0.476 e. The molecular weight excluding hydrogens is 263 g/mol. The fourth-order valence-corrected chi connectivity index (χ4v) is 1.49. The molecule has 1 N–H and O–H groups in total. The maximum atomic E-state index is 12.6. The zero-order chi connectivity index (χ0) is 12.8. The number of aromatic carboxylic acids is 1. The molecule has 0 aliphatic rings. The largest absolute Gasteiger partial charge is 0.476 e. The standard InChI is InChI=1S/C8H3ClF3N3O2/c9-4-2-14-15-5(7(16)17)3(8(10,11)12)1-13-6(4)15/h1-2H,(H,16,17). The van der Waals surface area contributed by atoms with E-state index in [1.807, 2.05) is 0 Å². The van der Waals surface area contributed by atoms with Crippen molar-refractivity contribution in [1.29, 1.82) is 0 Å². The van der Waals surface area contributed by atoms with Crippen molar-refractivity contribution in [3.8, 4) is 0 Å². The van der Waals surface area contributed by atoms with Crippen LogP contribution in [0.15, 0.2) is 12.4 Å². The molecule has 9 heteroatoms. The number of rotatable bonds is 1. The van der Waals surface area contributed by atoms with E-state index in [-0.39, 0.29) is 10.7 Å². The predicted molar refractivity (Wildman–Crippen MR) is 50.0 cm³/mol. The highest BCUT2D eigenvalue weighted by Gasteiger charge is 2.38. The van der Waals surface area contributed by atoms with E-state index in [0.717, 1.165) is 6.20 Å². The number of nitrogens with zero attached hydrogens (tertiary/aromatic N) is 3. The van der Waals surface area contributed by atoms with Gasteiger partial charge in [-0.05, 0) is 0 Å². The minimum absolute atomic E-state index is 0.0266. The number of carboxylic acid groups (broad SMARTS) is 1. The molecule has 0 aliphatic heterocycles. The Hall–Kier alpha value is -1.83. The van der Waals surface area contributed by atoms with E-state index in [4.69, 9.17) is 16.7 Å². The topological polar surface area (TPSA) is 67.5 Å². The Labute approximate surface area is 96.4 Å². The zero-order valence-electron chi connectivity index (χ0n) is 7.86. The third-order valence-corrected chi connectivity index (χ3v) is 2.26. The van der Waals surface area contributed by atoms with Crippen LogP contribution in [0.4, 0.5) is 13.2 Å². The van der Waals surface area contributed by atoms with E-state index in [1.54, 1.807) is 0 Å². The van der Waals surface area contributed by atoms with E-state index in [2.05, 4.69) is 10.1 Å². The van der Waals surface area contributed by atoms with Crippen molar-refractivity contribution < 1.29 is 23.1 Å². The van der Waals surface area contributed by atoms with Crippen LogP contribution in [0.3, 0.4) is 0 Å². The zero-order valence-corrected chi connectivity index (χ0v) is 8.62. The number of carboxylic acids is 1. The van der Waals surface area contributed by atoms with Crippen molar-refractivity contribution in [3.05, 3.63) is 28.7 Å². The summed E-state index contributed by atoms with van der Waals surface area (Å²) >= 11 is 5.60. The van der Waals surface area contributed by atoms with E-state index in [1.165, 1.54) is 0 Å². The van der Waals surface area contributed by atoms with E-state index in [9.17, 15) is 18.0 Å². The Kier molecular flexibility index (Phi) is 2.46. The number of halogens is 4. The lowest BCUT2D eigenvalue weighted by Crippen LogP contribution is -2.18. The maximum absolute atomic E-state index is 12.6. The smallest absolute Gasteiger partial charge is 0.420 e. The third-order valence-electron chi connectivity index (χ3n) is 1.99. The van der Waals surface area contributed by atoms with E-state index < -0.39 is 23.4 Å². The molecule has 0 fully saturated rings. The quantitative estimate of drug-likeness (QED) is 0.857. The lowest BCUT2D eigenvalue weighted by Gasteiger charge is -2.10. The van der Waals surface area contributed by atoms with Crippen molar-refractivity contribution >= 4 is 23.2 Å². The van der Waals surface area contributed by atoms with Gasteiger partial charge in [-0.2, -0.15) is 18.3 Å². The van der Waals surface area contributed by atoms with Gasteiger partial charge in [-0.3, -0.25) is 0 Å². The van der Waals surface area contributed by atoms with Crippen LogP contribution in [-0.4, -0.2) is 25.7 Å². The summed E-state index contributed by atoms with van der Waals surface area (Å²) in [6.07, 6.45) is -3.38. The number of fused-ring (bicyclic) bond motifs is 1. The molecule has 2 aromatic heterocycles. The second-order valence-corrected chi connectivity index (χ2v) is 3.46. The Morgan fingerprint density at radius 1 is 1.41 bits per heavy atom. The minimum atomic E-state index is -4.83. The van der Waals surface area contributed by atoms with Gasteiger partial charge < -0.3 is 5.11 Å². The molecular formula is C8H3ClF3N3O2. The van der Waals surface area contributed by atoms with Gasteiger partial charge >= 0.3 is 12.1 Å². The number of alkyl halides is 3. The Morgan fingerprint density at radius 2 is 2.06 bits per heavy atom. The first kappa shape index (κ1) is 11.6. The number of carbonyl (C=O) groups is 1. The molecule has 0 aliphatic carbocycles. The summed E-state index contributed by atoms with van der Waals surface area (Å²) in [6, 6.07) is 0. The molecule has 5 nitrogen and oxygen atoms in total. The first-order valence-corrected chi connectivity index (χ1v) is 4.53. The molecule has 17 heavy (non-hydrogen) atoms. The van der Waals surface area contributed by atoms with Crippen LogP contribution in [0, 0.1) is 0 Å². The molecule has 2 rings (SSSR count). The fourth-order valence-electron chi connectivity index (χ4n) is 1.32. The molecule has 0 aromatic carbocycles. The lowest BCUT2D eigenvalue weighted by molar-refractivity contribution is -0.138. The molecule has 0 radical (unpaired) electrons. The van der Waals surface area contributed by atoms with Crippen LogP contribution in [0.25, 0.3) is 5.65 Å². The predicted octanol–water partition coefficient (Wildman–Crippen LogP) is 2.10. The number of aromatic nitrogens is 3. The average Bonchev–Trinajstić information content (AvgIpc) is 2.57. The van der Waals surface area contributed by atoms with Gasteiger partial charge in [0, 0.05) is 6.20 Å². The highest BCUT2D eigenvalue weighted by molar-refractivity contribution is 6.33. The van der Waals surface area contributed by atoms with Gasteiger partial charge in [-0.25, -0.2) is 14.3 Å². The van der Waals surface area contributed by atoms with Gasteiger partial charge in [0.05, 0.1) is 6.20 Å².